The Hall–Kier alpha value is -3.59. The van der Waals surface area contributed by atoms with Gasteiger partial charge in [0.25, 0.3) is 0 Å². The topological polar surface area (TPSA) is 184 Å². The van der Waals surface area contributed by atoms with Crippen LogP contribution < -0.4 is 16.4 Å². The minimum absolute atomic E-state index is 0.0228. The minimum Gasteiger partial charge on any atom is -0.480 e. The molecule has 0 unspecified atom stereocenters. The summed E-state index contributed by atoms with van der Waals surface area (Å²) in [6.07, 6.45) is 0.748. The van der Waals surface area contributed by atoms with Gasteiger partial charge in [0.05, 0.1) is 42.7 Å². The zero-order valence-electron chi connectivity index (χ0n) is 36.0. The van der Waals surface area contributed by atoms with Crippen molar-refractivity contribution in [1.29, 1.82) is 0 Å². The molecule has 1 aliphatic heterocycles. The predicted octanol–water partition coefficient (Wildman–Crippen LogP) is 3.16. The summed E-state index contributed by atoms with van der Waals surface area (Å²) in [4.78, 5) is 73.2. The van der Waals surface area contributed by atoms with E-state index in [2.05, 4.69) is 10.6 Å². The average Bonchev–Trinajstić information content (AvgIpc) is 3.62. The fraction of sp³-hybridized carbons (Fsp3) is 0.738. The van der Waals surface area contributed by atoms with Crippen LogP contribution in [0.4, 0.5) is 0 Å². The number of benzene rings is 1. The molecule has 1 saturated heterocycles. The molecule has 1 aromatic rings. The molecule has 1 fully saturated rings. The molecule has 10 atom stereocenters. The predicted molar refractivity (Wildman–Crippen MR) is 218 cm³/mol. The molecule has 0 radical (unpaired) electrons. The molecule has 56 heavy (non-hydrogen) atoms. The number of carbonyl (C=O) groups excluding carboxylic acids is 4. The number of ether oxygens (including phenoxy) is 2. The Morgan fingerprint density at radius 3 is 2.05 bits per heavy atom. The lowest BCUT2D eigenvalue weighted by atomic mass is 9.89. The highest BCUT2D eigenvalue weighted by Gasteiger charge is 2.43. The van der Waals surface area contributed by atoms with E-state index in [9.17, 15) is 29.1 Å². The smallest absolute Gasteiger partial charge is 0.326 e. The number of methoxy groups -OCH3 is 2. The van der Waals surface area contributed by atoms with Crippen LogP contribution in [0.5, 0.6) is 0 Å². The van der Waals surface area contributed by atoms with Crippen LogP contribution in [0.3, 0.4) is 0 Å². The maximum absolute atomic E-state index is 14.4. The van der Waals surface area contributed by atoms with E-state index in [0.29, 0.717) is 32.4 Å². The molecule has 318 valence electrons. The summed E-state index contributed by atoms with van der Waals surface area (Å²) in [7, 11) is 6.61. The molecule has 0 aliphatic carbocycles. The van der Waals surface area contributed by atoms with Crippen molar-refractivity contribution in [1.82, 2.24) is 25.3 Å². The van der Waals surface area contributed by atoms with Gasteiger partial charge in [0.15, 0.2) is 0 Å². The van der Waals surface area contributed by atoms with Crippen molar-refractivity contribution in [3.63, 3.8) is 0 Å². The van der Waals surface area contributed by atoms with E-state index in [1.165, 1.54) is 14.2 Å². The molecule has 0 aromatic heterocycles. The highest BCUT2D eigenvalue weighted by Crippen LogP contribution is 2.30. The van der Waals surface area contributed by atoms with E-state index in [4.69, 9.17) is 15.2 Å². The lowest BCUT2D eigenvalue weighted by molar-refractivity contribution is -0.148. The van der Waals surface area contributed by atoms with E-state index < -0.39 is 60.2 Å². The van der Waals surface area contributed by atoms with Crippen molar-refractivity contribution in [3.05, 3.63) is 35.9 Å². The van der Waals surface area contributed by atoms with Crippen molar-refractivity contribution in [2.45, 2.75) is 136 Å². The third-order valence-electron chi connectivity index (χ3n) is 11.3. The second-order valence-electron chi connectivity index (χ2n) is 16.5. The largest absolute Gasteiger partial charge is 0.480 e. The van der Waals surface area contributed by atoms with Gasteiger partial charge in [0.2, 0.25) is 23.6 Å². The molecule has 2 rings (SSSR count). The lowest BCUT2D eigenvalue weighted by Gasteiger charge is -2.41. The number of carbonyl (C=O) groups is 5. The standard InChI is InChI=1S/C42H72N6O8/c1-13-27(6)37(47(10)41(52)35(25(2)3)45-40(51)36(26(4)5)46(9)24-28(7)43)33(55-11)23-34(49)48-21-17-20-32(48)38(56-12)29(8)39(50)44-31(42(53)54)22-30-18-15-14-16-19-30/h14-16,18-19,25-29,31-33,35-38H,13,17,20-24,43H2,1-12H3,(H,44,50)(H,45,51)(H,53,54)/t27-,28-,29+,31-,32-,33+,35-,36-,37-,38+/m0/s1. The molecule has 1 heterocycles. The maximum atomic E-state index is 14.4. The Kier molecular flexibility index (Phi) is 19.9. The van der Waals surface area contributed by atoms with Crippen LogP contribution in [0.15, 0.2) is 30.3 Å². The van der Waals surface area contributed by atoms with Gasteiger partial charge < -0.3 is 40.7 Å². The monoisotopic (exact) mass is 789 g/mol. The normalized spacial score (nSPS) is 19.4. The summed E-state index contributed by atoms with van der Waals surface area (Å²) in [5.74, 6) is -3.39. The summed E-state index contributed by atoms with van der Waals surface area (Å²) in [6, 6.07) is 5.60. The number of nitrogens with two attached hydrogens (primary N) is 1. The summed E-state index contributed by atoms with van der Waals surface area (Å²) in [6.45, 7) is 16.3. The molecule has 1 aliphatic rings. The Labute approximate surface area is 335 Å². The highest BCUT2D eigenvalue weighted by molar-refractivity contribution is 5.90. The van der Waals surface area contributed by atoms with Crippen molar-refractivity contribution in [2.24, 2.45) is 29.4 Å². The number of carboxylic acid groups (broad SMARTS) is 1. The van der Waals surface area contributed by atoms with Gasteiger partial charge in [-0.25, -0.2) is 4.79 Å². The number of likely N-dealkylation sites (N-methyl/N-ethyl adjacent to an activating group) is 2. The molecule has 0 saturated carbocycles. The van der Waals surface area contributed by atoms with Gasteiger partial charge >= 0.3 is 5.97 Å². The van der Waals surface area contributed by atoms with Gasteiger partial charge in [-0.3, -0.25) is 24.1 Å². The van der Waals surface area contributed by atoms with Crippen LogP contribution in [-0.4, -0.2) is 139 Å². The van der Waals surface area contributed by atoms with E-state index in [0.717, 1.165) is 5.56 Å². The Morgan fingerprint density at radius 2 is 1.55 bits per heavy atom. The molecule has 0 bridgehead atoms. The fourth-order valence-corrected chi connectivity index (χ4v) is 8.21. The number of nitrogens with zero attached hydrogens (tertiary/aromatic N) is 3. The first kappa shape index (κ1) is 48.6. The van der Waals surface area contributed by atoms with Gasteiger partial charge in [-0.1, -0.05) is 85.2 Å². The molecule has 4 amide bonds. The van der Waals surface area contributed by atoms with Gasteiger partial charge in [-0.2, -0.15) is 0 Å². The number of aliphatic carboxylic acids is 1. The van der Waals surface area contributed by atoms with Gasteiger partial charge in [-0.15, -0.1) is 0 Å². The van der Waals surface area contributed by atoms with E-state index in [1.807, 2.05) is 90.7 Å². The first-order valence-corrected chi connectivity index (χ1v) is 20.3. The van der Waals surface area contributed by atoms with Crippen LogP contribution in [0.2, 0.25) is 0 Å². The number of nitrogens with one attached hydrogen (secondary N) is 2. The van der Waals surface area contributed by atoms with Crippen LogP contribution in [-0.2, 0) is 39.9 Å². The van der Waals surface area contributed by atoms with Crippen LogP contribution >= 0.6 is 0 Å². The van der Waals surface area contributed by atoms with Gasteiger partial charge in [0, 0.05) is 46.8 Å². The molecule has 1 aromatic carbocycles. The Balaban J connectivity index is 2.28. The second kappa shape index (κ2) is 23.0. The summed E-state index contributed by atoms with van der Waals surface area (Å²) >= 11 is 0. The van der Waals surface area contributed by atoms with E-state index in [-0.39, 0.29) is 54.4 Å². The number of likely N-dealkylation sites (tertiary alicyclic amines) is 1. The maximum Gasteiger partial charge on any atom is 0.326 e. The molecular weight excluding hydrogens is 716 g/mol. The molecule has 0 spiro atoms. The van der Waals surface area contributed by atoms with Crippen LogP contribution in [0, 0.1) is 23.7 Å². The molecule has 5 N–H and O–H groups in total. The molecular formula is C42H72N6O8. The third-order valence-corrected chi connectivity index (χ3v) is 11.3. The average molecular weight is 789 g/mol. The Morgan fingerprint density at radius 1 is 0.929 bits per heavy atom. The van der Waals surface area contributed by atoms with E-state index in [1.54, 1.807) is 23.8 Å². The van der Waals surface area contributed by atoms with Gasteiger partial charge in [-0.05, 0) is 50.1 Å². The summed E-state index contributed by atoms with van der Waals surface area (Å²) < 4.78 is 11.9. The minimum atomic E-state index is -1.14. The number of hydrogen-bond donors (Lipinski definition) is 4. The number of rotatable bonds is 23. The fourth-order valence-electron chi connectivity index (χ4n) is 8.21. The molecule has 14 nitrogen and oxygen atoms in total. The summed E-state index contributed by atoms with van der Waals surface area (Å²) in [5.41, 5.74) is 6.83. The molecule has 14 heteroatoms. The summed E-state index contributed by atoms with van der Waals surface area (Å²) in [5, 5.41) is 15.6. The number of hydrogen-bond acceptors (Lipinski definition) is 9. The first-order chi connectivity index (χ1) is 26.3. The van der Waals surface area contributed by atoms with Crippen molar-refractivity contribution >= 4 is 29.6 Å². The van der Waals surface area contributed by atoms with Gasteiger partial charge in [0.1, 0.15) is 12.1 Å². The van der Waals surface area contributed by atoms with Crippen molar-refractivity contribution in [3.8, 4) is 0 Å². The van der Waals surface area contributed by atoms with Crippen molar-refractivity contribution in [2.75, 3.05) is 41.4 Å². The zero-order valence-corrected chi connectivity index (χ0v) is 36.0. The number of amides is 4. The van der Waals surface area contributed by atoms with E-state index >= 15 is 0 Å². The van der Waals surface area contributed by atoms with Crippen LogP contribution in [0.1, 0.15) is 86.6 Å². The second-order valence-corrected chi connectivity index (χ2v) is 16.5. The quantitative estimate of drug-likeness (QED) is 0.129. The zero-order chi connectivity index (χ0) is 42.4. The highest BCUT2D eigenvalue weighted by atomic mass is 16.5. The third kappa shape index (κ3) is 13.2. The van der Waals surface area contributed by atoms with Crippen molar-refractivity contribution < 1.29 is 38.6 Å². The Bertz CT molecular complexity index is 1410. The SMILES string of the molecule is CC[C@H](C)[C@@H]([C@@H](CC(=O)N1CCC[C@H]1[C@H](OC)[C@@H](C)C(=O)N[C@@H](Cc1ccccc1)C(=O)O)OC)N(C)C(=O)[C@@H](NC(=O)[C@H](C(C)C)N(C)C[C@H](C)N)C(C)C. The lowest BCUT2D eigenvalue weighted by Crippen LogP contribution is -2.60. The first-order valence-electron chi connectivity index (χ1n) is 20.3. The van der Waals surface area contributed by atoms with Crippen LogP contribution in [0.25, 0.3) is 0 Å². The number of carboxylic acids is 1.